The Morgan fingerprint density at radius 2 is 2.14 bits per heavy atom. The predicted molar refractivity (Wildman–Crippen MR) is 70.4 cm³/mol. The van der Waals surface area contributed by atoms with Crippen LogP contribution >= 0.6 is 0 Å². The summed E-state index contributed by atoms with van der Waals surface area (Å²) in [6.07, 6.45) is 1.91. The number of nitriles is 1. The Hall–Kier alpha value is -1.98. The highest BCUT2D eigenvalue weighted by Gasteiger charge is 2.31. The van der Waals surface area contributed by atoms with Crippen molar-refractivity contribution in [1.82, 2.24) is 4.72 Å². The van der Waals surface area contributed by atoms with Crippen LogP contribution in [0.25, 0.3) is 0 Å². The lowest BCUT2D eigenvalue weighted by molar-refractivity contribution is 0.0691. The zero-order valence-corrected chi connectivity index (χ0v) is 11.7. The third kappa shape index (κ3) is 3.20. The third-order valence-electron chi connectivity index (χ3n) is 3.47. The predicted octanol–water partition coefficient (Wildman–Crippen LogP) is 1.49. The van der Waals surface area contributed by atoms with Crippen LogP contribution in [0.3, 0.4) is 0 Å². The van der Waals surface area contributed by atoms with E-state index in [1.54, 1.807) is 0 Å². The second-order valence-corrected chi connectivity index (χ2v) is 6.56. The molecular formula is C13H13FN2O4S. The molecular weight excluding hydrogens is 299 g/mol. The molecule has 0 bridgehead atoms. The van der Waals surface area contributed by atoms with Gasteiger partial charge in [-0.2, -0.15) is 5.26 Å². The van der Waals surface area contributed by atoms with Crippen LogP contribution in [0.15, 0.2) is 23.1 Å². The molecule has 8 heteroatoms. The summed E-state index contributed by atoms with van der Waals surface area (Å²) in [6, 6.07) is 4.12. The number of aromatic carboxylic acids is 1. The van der Waals surface area contributed by atoms with Crippen LogP contribution in [0.4, 0.5) is 4.39 Å². The van der Waals surface area contributed by atoms with Gasteiger partial charge in [0.1, 0.15) is 5.82 Å². The van der Waals surface area contributed by atoms with E-state index in [0.717, 1.165) is 24.6 Å². The van der Waals surface area contributed by atoms with Gasteiger partial charge in [-0.25, -0.2) is 22.3 Å². The lowest BCUT2D eigenvalue weighted by atomic mass is 10.1. The number of nitrogens with zero attached hydrogens (tertiary/aromatic N) is 1. The molecule has 1 aliphatic rings. The van der Waals surface area contributed by atoms with E-state index in [-0.39, 0.29) is 4.90 Å². The summed E-state index contributed by atoms with van der Waals surface area (Å²) >= 11 is 0. The van der Waals surface area contributed by atoms with Gasteiger partial charge in [0.15, 0.2) is 0 Å². The van der Waals surface area contributed by atoms with Gasteiger partial charge in [0.25, 0.3) is 0 Å². The van der Waals surface area contributed by atoms with Crippen molar-refractivity contribution in [3.8, 4) is 6.07 Å². The fourth-order valence-corrected chi connectivity index (χ4v) is 3.70. The van der Waals surface area contributed by atoms with Crippen molar-refractivity contribution in [1.29, 1.82) is 5.26 Å². The maximum Gasteiger partial charge on any atom is 0.338 e. The monoisotopic (exact) mass is 312 g/mol. The maximum absolute atomic E-state index is 13.3. The molecule has 2 rings (SSSR count). The van der Waals surface area contributed by atoms with E-state index >= 15 is 0 Å². The fourth-order valence-electron chi connectivity index (χ4n) is 2.36. The summed E-state index contributed by atoms with van der Waals surface area (Å²) < 4.78 is 40.1. The normalized spacial score (nSPS) is 21.9. The second kappa shape index (κ2) is 5.79. The molecule has 0 saturated heterocycles. The molecule has 1 aliphatic carbocycles. The number of rotatable bonds is 4. The summed E-state index contributed by atoms with van der Waals surface area (Å²) in [7, 11) is -3.99. The largest absolute Gasteiger partial charge is 0.478 e. The van der Waals surface area contributed by atoms with E-state index in [1.165, 1.54) is 0 Å². The number of carboxylic acids is 1. The number of hydrogen-bond donors (Lipinski definition) is 2. The molecule has 0 heterocycles. The molecule has 6 nitrogen and oxygen atoms in total. The van der Waals surface area contributed by atoms with E-state index < -0.39 is 39.3 Å². The smallest absolute Gasteiger partial charge is 0.338 e. The fraction of sp³-hybridized carbons (Fsp3) is 0.385. The van der Waals surface area contributed by atoms with Crippen molar-refractivity contribution in [2.45, 2.75) is 30.2 Å². The van der Waals surface area contributed by atoms with Crippen LogP contribution in [0.5, 0.6) is 0 Å². The minimum atomic E-state index is -3.99. The molecule has 2 atom stereocenters. The van der Waals surface area contributed by atoms with Gasteiger partial charge in [-0.05, 0) is 31.0 Å². The Kier molecular flexibility index (Phi) is 4.25. The van der Waals surface area contributed by atoms with E-state index in [0.29, 0.717) is 12.8 Å². The number of hydrogen-bond acceptors (Lipinski definition) is 4. The van der Waals surface area contributed by atoms with Gasteiger partial charge in [0.05, 0.1) is 22.4 Å². The Balaban J connectivity index is 2.30. The Bertz CT molecular complexity index is 711. The first kappa shape index (κ1) is 15.4. The zero-order valence-electron chi connectivity index (χ0n) is 10.9. The molecule has 0 aromatic heterocycles. The van der Waals surface area contributed by atoms with Gasteiger partial charge in [0, 0.05) is 6.04 Å². The van der Waals surface area contributed by atoms with Crippen LogP contribution in [-0.2, 0) is 10.0 Å². The first-order valence-corrected chi connectivity index (χ1v) is 7.78. The second-order valence-electron chi connectivity index (χ2n) is 4.84. The number of halogens is 1. The van der Waals surface area contributed by atoms with Crippen LogP contribution < -0.4 is 4.72 Å². The summed E-state index contributed by atoms with van der Waals surface area (Å²) in [5, 5.41) is 17.8. The highest BCUT2D eigenvalue weighted by atomic mass is 32.2. The van der Waals surface area contributed by atoms with Crippen molar-refractivity contribution < 1.29 is 22.7 Å². The average Bonchev–Trinajstić information content (AvgIpc) is 2.85. The molecule has 0 amide bonds. The minimum absolute atomic E-state index is 0.329. The van der Waals surface area contributed by atoms with Crippen molar-refractivity contribution in [3.05, 3.63) is 29.6 Å². The van der Waals surface area contributed by atoms with Crippen LogP contribution in [0.1, 0.15) is 29.6 Å². The van der Waals surface area contributed by atoms with E-state index in [2.05, 4.69) is 4.72 Å². The summed E-state index contributed by atoms with van der Waals surface area (Å²) in [5.74, 6) is -2.95. The molecule has 1 saturated carbocycles. The maximum atomic E-state index is 13.3. The summed E-state index contributed by atoms with van der Waals surface area (Å²) in [6.45, 7) is 0. The Labute approximate surface area is 121 Å². The third-order valence-corrected chi connectivity index (χ3v) is 4.95. The Morgan fingerprint density at radius 1 is 1.43 bits per heavy atom. The lowest BCUT2D eigenvalue weighted by Crippen LogP contribution is -2.37. The molecule has 112 valence electrons. The number of benzene rings is 1. The highest BCUT2D eigenvalue weighted by molar-refractivity contribution is 7.89. The molecule has 2 N–H and O–H groups in total. The standard InChI is InChI=1S/C13H13FN2O4S/c14-11-5-4-9(6-10(11)13(17)18)21(19,20)16-12-3-1-2-8(12)7-15/h4-6,8,12,16H,1-3H2,(H,17,18). The van der Waals surface area contributed by atoms with Crippen molar-refractivity contribution in [2.75, 3.05) is 0 Å². The van der Waals surface area contributed by atoms with Crippen LogP contribution in [0.2, 0.25) is 0 Å². The zero-order chi connectivity index (χ0) is 15.6. The molecule has 2 unspecified atom stereocenters. The van der Waals surface area contributed by atoms with Gasteiger partial charge < -0.3 is 5.11 Å². The molecule has 1 aromatic rings. The van der Waals surface area contributed by atoms with Crippen LogP contribution in [-0.4, -0.2) is 25.5 Å². The van der Waals surface area contributed by atoms with Crippen molar-refractivity contribution in [2.24, 2.45) is 5.92 Å². The topological polar surface area (TPSA) is 107 Å². The van der Waals surface area contributed by atoms with Gasteiger partial charge in [0.2, 0.25) is 10.0 Å². The van der Waals surface area contributed by atoms with Gasteiger partial charge in [-0.3, -0.25) is 0 Å². The molecule has 1 aromatic carbocycles. The first-order chi connectivity index (χ1) is 9.85. The molecule has 1 fully saturated rings. The number of carbonyl (C=O) groups is 1. The SMILES string of the molecule is N#CC1CCCC1NS(=O)(=O)c1ccc(F)c(C(=O)O)c1. The van der Waals surface area contributed by atoms with Gasteiger partial charge in [-0.15, -0.1) is 0 Å². The van der Waals surface area contributed by atoms with E-state index in [1.807, 2.05) is 6.07 Å². The number of nitrogens with one attached hydrogen (secondary N) is 1. The summed E-state index contributed by atoms with van der Waals surface area (Å²) in [5.41, 5.74) is -0.707. The van der Waals surface area contributed by atoms with E-state index in [4.69, 9.17) is 10.4 Å². The van der Waals surface area contributed by atoms with Crippen LogP contribution in [0, 0.1) is 23.1 Å². The minimum Gasteiger partial charge on any atom is -0.478 e. The molecule has 0 radical (unpaired) electrons. The average molecular weight is 312 g/mol. The first-order valence-electron chi connectivity index (χ1n) is 6.30. The van der Waals surface area contributed by atoms with Gasteiger partial charge in [-0.1, -0.05) is 6.42 Å². The summed E-state index contributed by atoms with van der Waals surface area (Å²) in [4.78, 5) is 10.5. The van der Waals surface area contributed by atoms with Gasteiger partial charge >= 0.3 is 5.97 Å². The Morgan fingerprint density at radius 3 is 2.76 bits per heavy atom. The quantitative estimate of drug-likeness (QED) is 0.876. The number of sulfonamides is 1. The lowest BCUT2D eigenvalue weighted by Gasteiger charge is -2.16. The van der Waals surface area contributed by atoms with Crippen molar-refractivity contribution in [3.63, 3.8) is 0 Å². The highest BCUT2D eigenvalue weighted by Crippen LogP contribution is 2.26. The molecule has 21 heavy (non-hydrogen) atoms. The van der Waals surface area contributed by atoms with Crippen molar-refractivity contribution >= 4 is 16.0 Å². The van der Waals surface area contributed by atoms with E-state index in [9.17, 15) is 17.6 Å². The number of carboxylic acid groups (broad SMARTS) is 1. The molecule has 0 aliphatic heterocycles. The molecule has 0 spiro atoms.